The third-order valence-electron chi connectivity index (χ3n) is 4.99. The first kappa shape index (κ1) is 12.1. The lowest BCUT2D eigenvalue weighted by atomic mass is 10.2. The highest BCUT2D eigenvalue weighted by molar-refractivity contribution is 5.90. The highest BCUT2D eigenvalue weighted by atomic mass is 15.3. The minimum Gasteiger partial charge on any atom is -0.383 e. The summed E-state index contributed by atoms with van der Waals surface area (Å²) in [6, 6.07) is 1.38. The van der Waals surface area contributed by atoms with Gasteiger partial charge in [-0.2, -0.15) is 0 Å². The van der Waals surface area contributed by atoms with Crippen LogP contribution in [0.15, 0.2) is 6.33 Å². The van der Waals surface area contributed by atoms with Crippen molar-refractivity contribution in [1.82, 2.24) is 19.4 Å². The number of nitrogens with two attached hydrogens (primary N) is 1. The summed E-state index contributed by atoms with van der Waals surface area (Å²) in [6.45, 7) is 6.67. The monoisotopic (exact) mass is 271 g/mol. The molecule has 0 spiro atoms. The summed E-state index contributed by atoms with van der Waals surface area (Å²) in [5.74, 6) is 0.603. The lowest BCUT2D eigenvalue weighted by Crippen LogP contribution is -2.24. The van der Waals surface area contributed by atoms with Gasteiger partial charge in [-0.15, -0.1) is 0 Å². The molecule has 2 N–H and O–H groups in total. The fraction of sp³-hybridized carbons (Fsp3) is 0.600. The quantitative estimate of drug-likeness (QED) is 0.908. The van der Waals surface area contributed by atoms with E-state index in [9.17, 15) is 0 Å². The van der Waals surface area contributed by atoms with Crippen LogP contribution in [0.4, 0.5) is 5.82 Å². The van der Waals surface area contributed by atoms with Gasteiger partial charge >= 0.3 is 0 Å². The Morgan fingerprint density at radius 2 is 1.95 bits per heavy atom. The molecule has 0 bridgehead atoms. The van der Waals surface area contributed by atoms with E-state index in [1.807, 2.05) is 0 Å². The molecular weight excluding hydrogens is 250 g/mol. The van der Waals surface area contributed by atoms with Crippen molar-refractivity contribution in [2.45, 2.75) is 45.2 Å². The minimum atomic E-state index is 0.529. The number of nitrogens with zero attached hydrogens (tertiary/aromatic N) is 4. The first-order valence-electron chi connectivity index (χ1n) is 7.48. The highest BCUT2D eigenvalue weighted by Crippen LogP contribution is 2.37. The second-order valence-electron chi connectivity index (χ2n) is 6.21. The van der Waals surface area contributed by atoms with Gasteiger partial charge in [0.25, 0.3) is 0 Å². The van der Waals surface area contributed by atoms with Gasteiger partial charge in [-0.3, -0.25) is 4.90 Å². The largest absolute Gasteiger partial charge is 0.383 e. The number of likely N-dealkylation sites (tertiary alicyclic amines) is 1. The maximum Gasteiger partial charge on any atom is 0.146 e. The number of anilines is 1. The van der Waals surface area contributed by atoms with E-state index < -0.39 is 0 Å². The van der Waals surface area contributed by atoms with Gasteiger partial charge in [0.1, 0.15) is 17.8 Å². The number of nitrogen functional groups attached to an aromatic ring is 1. The molecular formula is C15H21N5. The third kappa shape index (κ3) is 1.66. The molecule has 1 aliphatic heterocycles. The Morgan fingerprint density at radius 1 is 1.15 bits per heavy atom. The lowest BCUT2D eigenvalue weighted by molar-refractivity contribution is 0.314. The van der Waals surface area contributed by atoms with Crippen molar-refractivity contribution in [3.05, 3.63) is 17.6 Å². The Morgan fingerprint density at radius 3 is 2.70 bits per heavy atom. The molecule has 1 saturated heterocycles. The Balaban J connectivity index is 1.80. The zero-order valence-corrected chi connectivity index (χ0v) is 12.1. The summed E-state index contributed by atoms with van der Waals surface area (Å²) >= 11 is 0. The predicted octanol–water partition coefficient (Wildman–Crippen LogP) is 2.04. The maximum atomic E-state index is 6.05. The van der Waals surface area contributed by atoms with Crippen molar-refractivity contribution in [3.8, 4) is 0 Å². The molecule has 3 heterocycles. The molecule has 2 aromatic rings. The second kappa shape index (κ2) is 4.19. The van der Waals surface area contributed by atoms with Crippen molar-refractivity contribution >= 4 is 16.9 Å². The molecule has 1 aliphatic carbocycles. The molecule has 0 aromatic carbocycles. The van der Waals surface area contributed by atoms with Crippen LogP contribution >= 0.6 is 0 Å². The highest BCUT2D eigenvalue weighted by Gasteiger charge is 2.36. The van der Waals surface area contributed by atoms with Gasteiger partial charge in [-0.05, 0) is 38.7 Å². The molecule has 1 unspecified atom stereocenters. The van der Waals surface area contributed by atoms with E-state index in [0.29, 0.717) is 11.9 Å². The van der Waals surface area contributed by atoms with Gasteiger partial charge in [-0.25, -0.2) is 9.97 Å². The standard InChI is InChI=1S/C15H21N5/c1-9-10(2)20(15-13(9)14(16)17-8-18-15)12-5-6-19(7-12)11-3-4-11/h8,11-12H,3-7H2,1-2H3,(H2,16,17,18). The second-order valence-corrected chi connectivity index (χ2v) is 6.21. The normalized spacial score (nSPS) is 23.8. The van der Waals surface area contributed by atoms with Crippen molar-refractivity contribution in [1.29, 1.82) is 0 Å². The summed E-state index contributed by atoms with van der Waals surface area (Å²) in [4.78, 5) is 11.3. The van der Waals surface area contributed by atoms with Crippen molar-refractivity contribution in [2.24, 2.45) is 0 Å². The smallest absolute Gasteiger partial charge is 0.146 e. The third-order valence-corrected chi connectivity index (χ3v) is 4.99. The lowest BCUT2D eigenvalue weighted by Gasteiger charge is -2.18. The van der Waals surface area contributed by atoms with Crippen LogP contribution in [0, 0.1) is 13.8 Å². The van der Waals surface area contributed by atoms with Crippen LogP contribution in [0.25, 0.3) is 11.0 Å². The van der Waals surface area contributed by atoms with Gasteiger partial charge in [-0.1, -0.05) is 0 Å². The Bertz CT molecular complexity index is 670. The van der Waals surface area contributed by atoms with Gasteiger partial charge in [0.2, 0.25) is 0 Å². The summed E-state index contributed by atoms with van der Waals surface area (Å²) in [6.07, 6.45) is 5.56. The molecule has 0 amide bonds. The SMILES string of the molecule is Cc1c(C)n(C2CCN(C3CC3)C2)c2ncnc(N)c12. The van der Waals surface area contributed by atoms with Crippen LogP contribution < -0.4 is 5.73 Å². The van der Waals surface area contributed by atoms with Crippen LogP contribution in [-0.2, 0) is 0 Å². The van der Waals surface area contributed by atoms with Gasteiger partial charge in [0.05, 0.1) is 5.39 Å². The van der Waals surface area contributed by atoms with E-state index >= 15 is 0 Å². The molecule has 5 nitrogen and oxygen atoms in total. The van der Waals surface area contributed by atoms with Gasteiger partial charge in [0, 0.05) is 30.9 Å². The molecule has 0 radical (unpaired) electrons. The topological polar surface area (TPSA) is 60.0 Å². The average molecular weight is 271 g/mol. The van der Waals surface area contributed by atoms with Crippen LogP contribution in [0.5, 0.6) is 0 Å². The van der Waals surface area contributed by atoms with E-state index in [2.05, 4.69) is 33.3 Å². The molecule has 1 saturated carbocycles. The van der Waals surface area contributed by atoms with E-state index in [4.69, 9.17) is 5.73 Å². The molecule has 5 heteroatoms. The summed E-state index contributed by atoms with van der Waals surface area (Å²) in [5.41, 5.74) is 9.57. The number of hydrogen-bond donors (Lipinski definition) is 1. The zero-order valence-electron chi connectivity index (χ0n) is 12.1. The fourth-order valence-electron chi connectivity index (χ4n) is 3.65. The molecule has 4 rings (SSSR count). The Kier molecular flexibility index (Phi) is 2.54. The van der Waals surface area contributed by atoms with Crippen molar-refractivity contribution < 1.29 is 0 Å². The molecule has 2 fully saturated rings. The van der Waals surface area contributed by atoms with E-state index in [1.54, 1.807) is 6.33 Å². The van der Waals surface area contributed by atoms with Crippen LogP contribution in [0.3, 0.4) is 0 Å². The van der Waals surface area contributed by atoms with Gasteiger partial charge < -0.3 is 10.3 Å². The molecule has 2 aromatic heterocycles. The van der Waals surface area contributed by atoms with Crippen LogP contribution in [0.1, 0.15) is 36.6 Å². The first-order valence-corrected chi connectivity index (χ1v) is 7.48. The van der Waals surface area contributed by atoms with Crippen LogP contribution in [0.2, 0.25) is 0 Å². The molecule has 20 heavy (non-hydrogen) atoms. The van der Waals surface area contributed by atoms with E-state index in [1.165, 1.54) is 37.1 Å². The predicted molar refractivity (Wildman–Crippen MR) is 79.7 cm³/mol. The van der Waals surface area contributed by atoms with E-state index in [-0.39, 0.29) is 0 Å². The Labute approximate surface area is 118 Å². The number of aromatic nitrogens is 3. The molecule has 1 atom stereocenters. The number of aryl methyl sites for hydroxylation is 1. The van der Waals surface area contributed by atoms with E-state index in [0.717, 1.165) is 23.6 Å². The van der Waals surface area contributed by atoms with Crippen molar-refractivity contribution in [3.63, 3.8) is 0 Å². The fourth-order valence-corrected chi connectivity index (χ4v) is 3.65. The van der Waals surface area contributed by atoms with Crippen LogP contribution in [-0.4, -0.2) is 38.6 Å². The summed E-state index contributed by atoms with van der Waals surface area (Å²) < 4.78 is 2.39. The zero-order chi connectivity index (χ0) is 13.9. The Hall–Kier alpha value is -1.62. The number of fused-ring (bicyclic) bond motifs is 1. The summed E-state index contributed by atoms with van der Waals surface area (Å²) in [5, 5.41) is 1.04. The number of hydrogen-bond acceptors (Lipinski definition) is 4. The van der Waals surface area contributed by atoms with Crippen molar-refractivity contribution in [2.75, 3.05) is 18.8 Å². The first-order chi connectivity index (χ1) is 9.66. The molecule has 2 aliphatic rings. The average Bonchev–Trinajstić information content (AvgIpc) is 3.12. The summed E-state index contributed by atoms with van der Waals surface area (Å²) in [7, 11) is 0. The number of rotatable bonds is 2. The van der Waals surface area contributed by atoms with Gasteiger partial charge in [0.15, 0.2) is 0 Å². The maximum absolute atomic E-state index is 6.05. The minimum absolute atomic E-state index is 0.529. The molecule has 106 valence electrons.